The largest absolute Gasteiger partial charge is 0.390 e. The molecule has 2 aromatic carbocycles. The Morgan fingerprint density at radius 1 is 1.00 bits per heavy atom. The lowest BCUT2D eigenvalue weighted by molar-refractivity contribution is 0.104. The average molecular weight is 307 g/mol. The fraction of sp³-hybridized carbons (Fsp3) is 0.211. The second-order valence-electron chi connectivity index (χ2n) is 5.81. The van der Waals surface area contributed by atoms with Crippen LogP contribution >= 0.6 is 11.3 Å². The summed E-state index contributed by atoms with van der Waals surface area (Å²) in [5.74, 6) is 0.0775. The van der Waals surface area contributed by atoms with Gasteiger partial charge in [-0.2, -0.15) is 0 Å². The molecule has 3 heteroatoms. The first-order chi connectivity index (χ1) is 10.8. The Morgan fingerprint density at radius 2 is 1.77 bits per heavy atom. The highest BCUT2D eigenvalue weighted by Gasteiger charge is 2.25. The van der Waals surface area contributed by atoms with E-state index in [-0.39, 0.29) is 5.78 Å². The van der Waals surface area contributed by atoms with E-state index in [1.165, 1.54) is 16.9 Å². The number of fused-ring (bicyclic) bond motifs is 2. The predicted molar refractivity (Wildman–Crippen MR) is 92.8 cm³/mol. The number of carbonyl (C=O) groups is 1. The van der Waals surface area contributed by atoms with Gasteiger partial charge in [-0.15, -0.1) is 11.3 Å². The molecule has 110 valence electrons. The van der Waals surface area contributed by atoms with Gasteiger partial charge in [0.05, 0.1) is 10.6 Å². The number of hydrogen-bond donors (Lipinski definition) is 1. The number of carbonyl (C=O) groups excluding carboxylic acids is 1. The van der Waals surface area contributed by atoms with Crippen molar-refractivity contribution in [3.8, 4) is 0 Å². The summed E-state index contributed by atoms with van der Waals surface area (Å²) in [6.45, 7) is 0. The van der Waals surface area contributed by atoms with Gasteiger partial charge in [-0.1, -0.05) is 42.5 Å². The molecule has 1 aliphatic carbocycles. The van der Waals surface area contributed by atoms with E-state index < -0.39 is 0 Å². The molecule has 0 saturated carbocycles. The number of thiophene rings is 1. The zero-order chi connectivity index (χ0) is 15.1. The Bertz CT molecular complexity index is 873. The summed E-state index contributed by atoms with van der Waals surface area (Å²) in [6.07, 6.45) is 4.40. The van der Waals surface area contributed by atoms with Crippen molar-refractivity contribution in [2.24, 2.45) is 0 Å². The zero-order valence-electron chi connectivity index (χ0n) is 12.3. The molecule has 0 atom stereocenters. The summed E-state index contributed by atoms with van der Waals surface area (Å²) in [4.78, 5) is 14.5. The van der Waals surface area contributed by atoms with E-state index in [9.17, 15) is 4.79 Å². The molecule has 0 radical (unpaired) electrons. The molecule has 0 spiro atoms. The summed E-state index contributed by atoms with van der Waals surface area (Å²) >= 11 is 1.60. The molecule has 1 aliphatic rings. The van der Waals surface area contributed by atoms with Crippen molar-refractivity contribution in [1.29, 1.82) is 0 Å². The smallest absolute Gasteiger partial charge is 0.196 e. The fourth-order valence-corrected chi connectivity index (χ4v) is 4.55. The van der Waals surface area contributed by atoms with Gasteiger partial charge in [0.25, 0.3) is 0 Å². The van der Waals surface area contributed by atoms with Gasteiger partial charge in [-0.3, -0.25) is 4.79 Å². The fourth-order valence-electron chi connectivity index (χ4n) is 3.39. The second kappa shape index (κ2) is 5.25. The Hall–Kier alpha value is -2.13. The van der Waals surface area contributed by atoms with Crippen molar-refractivity contribution < 1.29 is 4.79 Å². The lowest BCUT2D eigenvalue weighted by Crippen LogP contribution is -2.09. The molecule has 0 fully saturated rings. The third-order valence-corrected chi connectivity index (χ3v) is 5.58. The van der Waals surface area contributed by atoms with Crippen LogP contribution in [-0.2, 0) is 12.8 Å². The second-order valence-corrected chi connectivity index (χ2v) is 6.94. The molecule has 2 N–H and O–H groups in total. The van der Waals surface area contributed by atoms with Crippen LogP contribution in [0.4, 0.5) is 5.00 Å². The van der Waals surface area contributed by atoms with Crippen molar-refractivity contribution in [3.05, 3.63) is 64.0 Å². The molecular formula is C19H17NOS. The quantitative estimate of drug-likeness (QED) is 0.703. The summed E-state index contributed by atoms with van der Waals surface area (Å²) in [6, 6.07) is 13.9. The van der Waals surface area contributed by atoms with E-state index in [2.05, 4.69) is 0 Å². The zero-order valence-corrected chi connectivity index (χ0v) is 13.1. The third-order valence-electron chi connectivity index (χ3n) is 4.46. The van der Waals surface area contributed by atoms with E-state index in [0.29, 0.717) is 5.00 Å². The van der Waals surface area contributed by atoms with Crippen molar-refractivity contribution in [2.45, 2.75) is 25.7 Å². The van der Waals surface area contributed by atoms with Crippen LogP contribution in [0, 0.1) is 0 Å². The highest BCUT2D eigenvalue weighted by Crippen LogP contribution is 2.38. The Labute approximate surface area is 133 Å². The van der Waals surface area contributed by atoms with Crippen LogP contribution in [0.5, 0.6) is 0 Å². The number of benzene rings is 2. The summed E-state index contributed by atoms with van der Waals surface area (Å²) in [7, 11) is 0. The van der Waals surface area contributed by atoms with Crippen molar-refractivity contribution >= 4 is 32.9 Å². The van der Waals surface area contributed by atoms with Crippen molar-refractivity contribution in [3.63, 3.8) is 0 Å². The van der Waals surface area contributed by atoms with Gasteiger partial charge in [0, 0.05) is 10.4 Å². The molecule has 0 bridgehead atoms. The minimum atomic E-state index is 0.0775. The van der Waals surface area contributed by atoms with Crippen LogP contribution in [0.3, 0.4) is 0 Å². The van der Waals surface area contributed by atoms with Gasteiger partial charge in [0.2, 0.25) is 0 Å². The summed E-state index contributed by atoms with van der Waals surface area (Å²) < 4.78 is 0. The number of nitrogen functional groups attached to an aromatic ring is 1. The van der Waals surface area contributed by atoms with Crippen LogP contribution in [0.1, 0.15) is 39.2 Å². The number of hydrogen-bond acceptors (Lipinski definition) is 3. The first-order valence-corrected chi connectivity index (χ1v) is 8.50. The van der Waals surface area contributed by atoms with Crippen molar-refractivity contribution in [1.82, 2.24) is 0 Å². The van der Waals surface area contributed by atoms with E-state index in [0.717, 1.165) is 41.2 Å². The van der Waals surface area contributed by atoms with Gasteiger partial charge < -0.3 is 5.73 Å². The highest BCUT2D eigenvalue weighted by molar-refractivity contribution is 7.16. The SMILES string of the molecule is Nc1sc2c(c1C(=O)c1cccc3ccccc13)CCCC2. The first-order valence-electron chi connectivity index (χ1n) is 7.68. The normalized spacial score (nSPS) is 14.0. The molecule has 1 heterocycles. The monoisotopic (exact) mass is 307 g/mol. The Balaban J connectivity index is 1.90. The lowest BCUT2D eigenvalue weighted by Gasteiger charge is -2.13. The predicted octanol–water partition coefficient (Wildman–Crippen LogP) is 4.59. The number of ketones is 1. The first kappa shape index (κ1) is 13.5. The van der Waals surface area contributed by atoms with Crippen LogP contribution in [0.25, 0.3) is 10.8 Å². The molecule has 0 aliphatic heterocycles. The third kappa shape index (κ3) is 2.04. The molecule has 1 aromatic heterocycles. The maximum Gasteiger partial charge on any atom is 0.196 e. The topological polar surface area (TPSA) is 43.1 Å². The standard InChI is InChI=1S/C19H17NOS/c20-19-17(15-9-3-4-11-16(15)22-19)18(21)14-10-5-7-12-6-1-2-8-13(12)14/h1-2,5-8,10H,3-4,9,11,20H2. The summed E-state index contributed by atoms with van der Waals surface area (Å²) in [5.41, 5.74) is 8.92. The number of aryl methyl sites for hydroxylation is 1. The molecule has 4 rings (SSSR count). The van der Waals surface area contributed by atoms with Gasteiger partial charge in [0.15, 0.2) is 5.78 Å². The lowest BCUT2D eigenvalue weighted by atomic mass is 9.90. The maximum absolute atomic E-state index is 13.1. The van der Waals surface area contributed by atoms with Crippen LogP contribution in [0.2, 0.25) is 0 Å². The average Bonchev–Trinajstić information content (AvgIpc) is 2.89. The number of rotatable bonds is 2. The molecule has 0 saturated heterocycles. The van der Waals surface area contributed by atoms with Gasteiger partial charge in [-0.25, -0.2) is 0 Å². The molecule has 0 amide bonds. The minimum Gasteiger partial charge on any atom is -0.390 e. The van der Waals surface area contributed by atoms with E-state index >= 15 is 0 Å². The number of nitrogens with two attached hydrogens (primary N) is 1. The Morgan fingerprint density at radius 3 is 2.68 bits per heavy atom. The molecule has 2 nitrogen and oxygen atoms in total. The van der Waals surface area contributed by atoms with Gasteiger partial charge in [0.1, 0.15) is 0 Å². The molecule has 0 unspecified atom stereocenters. The summed E-state index contributed by atoms with van der Waals surface area (Å²) in [5, 5.41) is 2.78. The van der Waals surface area contributed by atoms with E-state index in [4.69, 9.17) is 5.73 Å². The number of anilines is 1. The highest BCUT2D eigenvalue weighted by atomic mass is 32.1. The van der Waals surface area contributed by atoms with E-state index in [1.54, 1.807) is 11.3 Å². The molecular weight excluding hydrogens is 290 g/mol. The minimum absolute atomic E-state index is 0.0775. The molecule has 3 aromatic rings. The van der Waals surface area contributed by atoms with E-state index in [1.807, 2.05) is 42.5 Å². The molecule has 22 heavy (non-hydrogen) atoms. The Kier molecular flexibility index (Phi) is 3.23. The van der Waals surface area contributed by atoms with Crippen LogP contribution in [-0.4, -0.2) is 5.78 Å². The van der Waals surface area contributed by atoms with Gasteiger partial charge in [-0.05, 0) is 42.0 Å². The van der Waals surface area contributed by atoms with Crippen molar-refractivity contribution in [2.75, 3.05) is 5.73 Å². The van der Waals surface area contributed by atoms with Crippen LogP contribution in [0.15, 0.2) is 42.5 Å². The van der Waals surface area contributed by atoms with Crippen LogP contribution < -0.4 is 5.73 Å². The van der Waals surface area contributed by atoms with Gasteiger partial charge >= 0.3 is 0 Å². The maximum atomic E-state index is 13.1.